The largest absolute Gasteiger partial charge is 0.391 e. The van der Waals surface area contributed by atoms with Crippen LogP contribution < -0.4 is 0 Å². The van der Waals surface area contributed by atoms with Gasteiger partial charge in [0.1, 0.15) is 6.04 Å². The lowest BCUT2D eigenvalue weighted by atomic mass is 10.1. The van der Waals surface area contributed by atoms with Crippen molar-refractivity contribution in [1.29, 1.82) is 0 Å². The predicted octanol–water partition coefficient (Wildman–Crippen LogP) is 0.174. The summed E-state index contributed by atoms with van der Waals surface area (Å²) in [5, 5.41) is 9.66. The molecule has 0 spiro atoms. The van der Waals surface area contributed by atoms with Crippen molar-refractivity contribution in [2.45, 2.75) is 51.2 Å². The van der Waals surface area contributed by atoms with E-state index in [4.69, 9.17) is 0 Å². The number of hydrogen-bond acceptors (Lipinski definition) is 4. The zero-order valence-corrected chi connectivity index (χ0v) is 12.8. The van der Waals surface area contributed by atoms with E-state index in [1.54, 1.807) is 4.90 Å². The summed E-state index contributed by atoms with van der Waals surface area (Å²) in [6, 6.07) is -0.558. The predicted molar refractivity (Wildman–Crippen MR) is 75.6 cm³/mol. The molecule has 116 valence electrons. The second-order valence-corrected chi connectivity index (χ2v) is 7.71. The summed E-state index contributed by atoms with van der Waals surface area (Å²) in [6.07, 6.45) is 2.90. The van der Waals surface area contributed by atoms with Gasteiger partial charge < -0.3 is 10.0 Å². The van der Waals surface area contributed by atoms with Crippen LogP contribution in [-0.4, -0.2) is 66.2 Å². The van der Waals surface area contributed by atoms with Crippen LogP contribution in [0.2, 0.25) is 0 Å². The summed E-state index contributed by atoms with van der Waals surface area (Å²) >= 11 is 0. The van der Waals surface area contributed by atoms with Gasteiger partial charge in [-0.25, -0.2) is 8.42 Å². The van der Waals surface area contributed by atoms with E-state index in [1.807, 2.05) is 6.92 Å². The molecular formula is C13H24N2O4S. The molecule has 2 unspecified atom stereocenters. The zero-order chi connectivity index (χ0) is 14.8. The molecule has 7 heteroatoms. The molecule has 1 N–H and O–H groups in total. The summed E-state index contributed by atoms with van der Waals surface area (Å²) in [4.78, 5) is 14.1. The van der Waals surface area contributed by atoms with Crippen LogP contribution in [0.4, 0.5) is 0 Å². The van der Waals surface area contributed by atoms with Gasteiger partial charge >= 0.3 is 0 Å². The Morgan fingerprint density at radius 3 is 2.60 bits per heavy atom. The molecule has 0 aromatic carbocycles. The molecule has 0 radical (unpaired) electrons. The van der Waals surface area contributed by atoms with Gasteiger partial charge in [-0.15, -0.1) is 0 Å². The number of rotatable bonds is 4. The summed E-state index contributed by atoms with van der Waals surface area (Å²) in [5.41, 5.74) is 0. The summed E-state index contributed by atoms with van der Waals surface area (Å²) < 4.78 is 25.8. The molecule has 0 aliphatic carbocycles. The van der Waals surface area contributed by atoms with Crippen LogP contribution in [0, 0.1) is 0 Å². The Morgan fingerprint density at radius 2 is 1.95 bits per heavy atom. The van der Waals surface area contributed by atoms with Gasteiger partial charge in [-0.05, 0) is 32.1 Å². The van der Waals surface area contributed by atoms with Gasteiger partial charge in [0.05, 0.1) is 11.9 Å². The Morgan fingerprint density at radius 1 is 1.25 bits per heavy atom. The minimum absolute atomic E-state index is 0.0966. The standard InChI is InChI=1S/C13H24N2O4S/c1-2-9-20(18,19)15-8-4-6-12(15)13(17)14-7-3-5-11(16)10-14/h11-12,16H,2-10H2,1H3. The van der Waals surface area contributed by atoms with Crippen LogP contribution in [0.1, 0.15) is 39.0 Å². The van der Waals surface area contributed by atoms with Gasteiger partial charge in [-0.3, -0.25) is 4.79 Å². The minimum Gasteiger partial charge on any atom is -0.391 e. The monoisotopic (exact) mass is 304 g/mol. The Hall–Kier alpha value is -0.660. The molecule has 0 saturated carbocycles. The summed E-state index contributed by atoms with van der Waals surface area (Å²) in [6.45, 7) is 3.21. The maximum absolute atomic E-state index is 12.5. The highest BCUT2D eigenvalue weighted by Crippen LogP contribution is 2.24. The number of hydrogen-bond donors (Lipinski definition) is 1. The average molecular weight is 304 g/mol. The van der Waals surface area contributed by atoms with Crippen LogP contribution in [-0.2, 0) is 14.8 Å². The van der Waals surface area contributed by atoms with Gasteiger partial charge in [0.15, 0.2) is 0 Å². The molecule has 2 fully saturated rings. The molecule has 6 nitrogen and oxygen atoms in total. The molecule has 0 aromatic heterocycles. The van der Waals surface area contributed by atoms with E-state index in [1.165, 1.54) is 4.31 Å². The number of piperidine rings is 1. The molecule has 2 atom stereocenters. The van der Waals surface area contributed by atoms with Crippen molar-refractivity contribution in [3.05, 3.63) is 0 Å². The quantitative estimate of drug-likeness (QED) is 0.803. The SMILES string of the molecule is CCCS(=O)(=O)N1CCCC1C(=O)N1CCCC(O)C1. The molecule has 2 aliphatic rings. The first-order valence-corrected chi connectivity index (χ1v) is 9.03. The number of sulfonamides is 1. The second-order valence-electron chi connectivity index (χ2n) is 5.67. The third kappa shape index (κ3) is 3.32. The van der Waals surface area contributed by atoms with Crippen LogP contribution >= 0.6 is 0 Å². The number of aliphatic hydroxyl groups is 1. The Balaban J connectivity index is 2.08. The lowest BCUT2D eigenvalue weighted by molar-refractivity contribution is -0.137. The number of amides is 1. The molecule has 2 aliphatic heterocycles. The molecule has 20 heavy (non-hydrogen) atoms. The van der Waals surface area contributed by atoms with E-state index in [2.05, 4.69) is 0 Å². The maximum atomic E-state index is 12.5. The maximum Gasteiger partial charge on any atom is 0.241 e. The van der Waals surface area contributed by atoms with Gasteiger partial charge in [0.25, 0.3) is 0 Å². The van der Waals surface area contributed by atoms with E-state index >= 15 is 0 Å². The van der Waals surface area contributed by atoms with Crippen molar-refractivity contribution in [3.8, 4) is 0 Å². The third-order valence-electron chi connectivity index (χ3n) is 4.02. The lowest BCUT2D eigenvalue weighted by Crippen LogP contribution is -2.51. The summed E-state index contributed by atoms with van der Waals surface area (Å²) in [7, 11) is -3.33. The zero-order valence-electron chi connectivity index (χ0n) is 12.0. The first-order chi connectivity index (χ1) is 9.45. The molecule has 0 aromatic rings. The number of carbonyl (C=O) groups excluding carboxylic acids is 1. The highest BCUT2D eigenvalue weighted by Gasteiger charge is 2.40. The van der Waals surface area contributed by atoms with E-state index in [0.29, 0.717) is 38.9 Å². The Bertz CT molecular complexity index is 451. The first kappa shape index (κ1) is 15.7. The van der Waals surface area contributed by atoms with Crippen molar-refractivity contribution in [1.82, 2.24) is 9.21 Å². The summed E-state index contributed by atoms with van der Waals surface area (Å²) in [5.74, 6) is -0.0414. The minimum atomic E-state index is -3.33. The normalized spacial score (nSPS) is 28.8. The topological polar surface area (TPSA) is 77.9 Å². The van der Waals surface area contributed by atoms with Crippen molar-refractivity contribution in [3.63, 3.8) is 0 Å². The Labute approximate surface area is 120 Å². The lowest BCUT2D eigenvalue weighted by Gasteiger charge is -2.34. The number of β-amino-alcohol motifs (C(OH)–C–C–N with tert-alkyl or cyclic N) is 1. The van der Waals surface area contributed by atoms with Gasteiger partial charge in [0, 0.05) is 19.6 Å². The van der Waals surface area contributed by atoms with Crippen LogP contribution in [0.25, 0.3) is 0 Å². The van der Waals surface area contributed by atoms with E-state index in [-0.39, 0.29) is 11.7 Å². The number of aliphatic hydroxyl groups excluding tert-OH is 1. The highest BCUT2D eigenvalue weighted by molar-refractivity contribution is 7.89. The fourth-order valence-electron chi connectivity index (χ4n) is 3.06. The fraction of sp³-hybridized carbons (Fsp3) is 0.923. The Kier molecular flexibility index (Phi) is 5.04. The smallest absolute Gasteiger partial charge is 0.241 e. The number of carbonyl (C=O) groups is 1. The van der Waals surface area contributed by atoms with Crippen molar-refractivity contribution >= 4 is 15.9 Å². The number of likely N-dealkylation sites (tertiary alicyclic amines) is 1. The highest BCUT2D eigenvalue weighted by atomic mass is 32.2. The van der Waals surface area contributed by atoms with E-state index < -0.39 is 22.2 Å². The molecule has 1 amide bonds. The molecular weight excluding hydrogens is 280 g/mol. The van der Waals surface area contributed by atoms with Crippen molar-refractivity contribution < 1.29 is 18.3 Å². The number of nitrogens with zero attached hydrogens (tertiary/aromatic N) is 2. The molecule has 2 saturated heterocycles. The second kappa shape index (κ2) is 6.41. The van der Waals surface area contributed by atoms with Gasteiger partial charge in [0.2, 0.25) is 15.9 Å². The average Bonchev–Trinajstić information content (AvgIpc) is 2.87. The fourth-order valence-corrected chi connectivity index (χ4v) is 4.80. The van der Waals surface area contributed by atoms with Crippen molar-refractivity contribution in [2.75, 3.05) is 25.4 Å². The van der Waals surface area contributed by atoms with E-state index in [9.17, 15) is 18.3 Å². The van der Waals surface area contributed by atoms with Gasteiger partial charge in [-0.2, -0.15) is 4.31 Å². The van der Waals surface area contributed by atoms with Crippen LogP contribution in [0.5, 0.6) is 0 Å². The molecule has 0 bridgehead atoms. The third-order valence-corrected chi connectivity index (χ3v) is 6.09. The first-order valence-electron chi connectivity index (χ1n) is 7.42. The van der Waals surface area contributed by atoms with Crippen LogP contribution in [0.3, 0.4) is 0 Å². The molecule has 2 heterocycles. The molecule has 2 rings (SSSR count). The van der Waals surface area contributed by atoms with Gasteiger partial charge in [-0.1, -0.05) is 6.92 Å². The van der Waals surface area contributed by atoms with Crippen molar-refractivity contribution in [2.24, 2.45) is 0 Å². The van der Waals surface area contributed by atoms with E-state index in [0.717, 1.165) is 12.8 Å². The van der Waals surface area contributed by atoms with Crippen LogP contribution in [0.15, 0.2) is 0 Å².